The quantitative estimate of drug-likeness (QED) is 0.732. The Kier molecular flexibility index (Phi) is 6.16. The van der Waals surface area contributed by atoms with Crippen molar-refractivity contribution in [3.05, 3.63) is 64.6 Å². The van der Waals surface area contributed by atoms with Gasteiger partial charge in [-0.2, -0.15) is 0 Å². The molecule has 7 heteroatoms. The molecule has 1 saturated heterocycles. The lowest BCUT2D eigenvalue weighted by Crippen LogP contribution is -2.28. The molecule has 6 nitrogen and oxygen atoms in total. The summed E-state index contributed by atoms with van der Waals surface area (Å²) in [5, 5.41) is 9.67. The third kappa shape index (κ3) is 4.43. The van der Waals surface area contributed by atoms with Crippen molar-refractivity contribution in [2.75, 3.05) is 13.2 Å². The topological polar surface area (TPSA) is 79.2 Å². The van der Waals surface area contributed by atoms with Gasteiger partial charge >= 0.3 is 5.97 Å². The number of carboxylic acids is 1. The number of carbonyl (C=O) groups excluding carboxylic acids is 1. The van der Waals surface area contributed by atoms with E-state index in [-0.39, 0.29) is 11.5 Å². The van der Waals surface area contributed by atoms with Crippen molar-refractivity contribution in [3.8, 4) is 5.75 Å². The largest absolute Gasteiger partial charge is 0.494 e. The van der Waals surface area contributed by atoms with Crippen LogP contribution in [0, 0.1) is 0 Å². The van der Waals surface area contributed by atoms with Crippen LogP contribution in [0.15, 0.2) is 58.4 Å². The number of aromatic carboxylic acids is 1. The Balaban J connectivity index is 1.87. The molecule has 1 amide bonds. The normalized spacial score (nSPS) is 16.8. The molecule has 1 heterocycles. The fraction of sp³-hybridized carbons (Fsp3) is 0.190. The van der Waals surface area contributed by atoms with Crippen LogP contribution in [0.2, 0.25) is 0 Å². The lowest BCUT2D eigenvalue weighted by Gasteiger charge is -2.12. The van der Waals surface area contributed by atoms with Crippen molar-refractivity contribution in [2.45, 2.75) is 13.8 Å². The summed E-state index contributed by atoms with van der Waals surface area (Å²) in [4.78, 5) is 30.5. The summed E-state index contributed by atoms with van der Waals surface area (Å²) in [7, 11) is 0. The van der Waals surface area contributed by atoms with Crippen molar-refractivity contribution in [2.24, 2.45) is 4.99 Å². The fourth-order valence-corrected chi connectivity index (χ4v) is 3.73. The van der Waals surface area contributed by atoms with Crippen LogP contribution in [-0.2, 0) is 4.79 Å². The predicted octanol–water partition coefficient (Wildman–Crippen LogP) is 4.41. The summed E-state index contributed by atoms with van der Waals surface area (Å²) in [5.74, 6) is -0.346. The second-order valence-electron chi connectivity index (χ2n) is 5.91. The third-order valence-corrected chi connectivity index (χ3v) is 5.02. The smallest absolute Gasteiger partial charge is 0.335 e. The summed E-state index contributed by atoms with van der Waals surface area (Å²) in [6, 6.07) is 13.9. The van der Waals surface area contributed by atoms with E-state index >= 15 is 0 Å². The zero-order valence-electron chi connectivity index (χ0n) is 15.6. The molecule has 0 atom stereocenters. The van der Waals surface area contributed by atoms with Gasteiger partial charge in [0.05, 0.1) is 22.8 Å². The maximum absolute atomic E-state index is 12.7. The van der Waals surface area contributed by atoms with Crippen LogP contribution < -0.4 is 4.74 Å². The Hall–Kier alpha value is -3.06. The molecule has 1 N–H and O–H groups in total. The number of ether oxygens (including phenoxy) is 1. The van der Waals surface area contributed by atoms with Crippen LogP contribution in [0.4, 0.5) is 5.69 Å². The van der Waals surface area contributed by atoms with Crippen molar-refractivity contribution >= 4 is 40.6 Å². The Morgan fingerprint density at radius 3 is 2.61 bits per heavy atom. The highest BCUT2D eigenvalue weighted by Gasteiger charge is 2.32. The van der Waals surface area contributed by atoms with Crippen LogP contribution in [0.5, 0.6) is 5.75 Å². The second kappa shape index (κ2) is 8.75. The number of aliphatic imine (C=N–C) groups is 1. The molecule has 2 aromatic rings. The first kappa shape index (κ1) is 19.7. The highest BCUT2D eigenvalue weighted by atomic mass is 32.2. The molecule has 3 rings (SSSR count). The molecule has 28 heavy (non-hydrogen) atoms. The van der Waals surface area contributed by atoms with Crippen molar-refractivity contribution in [3.63, 3.8) is 0 Å². The van der Waals surface area contributed by atoms with E-state index in [9.17, 15) is 9.59 Å². The molecule has 2 aromatic carbocycles. The molecule has 0 aromatic heterocycles. The number of thioether (sulfide) groups is 1. The Morgan fingerprint density at radius 1 is 1.21 bits per heavy atom. The number of carbonyl (C=O) groups is 2. The minimum Gasteiger partial charge on any atom is -0.494 e. The van der Waals surface area contributed by atoms with Crippen LogP contribution in [0.25, 0.3) is 6.08 Å². The monoisotopic (exact) mass is 396 g/mol. The van der Waals surface area contributed by atoms with Gasteiger partial charge in [0.2, 0.25) is 0 Å². The number of benzene rings is 2. The van der Waals surface area contributed by atoms with Crippen molar-refractivity contribution in [1.29, 1.82) is 0 Å². The van der Waals surface area contributed by atoms with Gasteiger partial charge < -0.3 is 9.84 Å². The molecule has 0 unspecified atom stereocenters. The Morgan fingerprint density at radius 2 is 1.96 bits per heavy atom. The average molecular weight is 396 g/mol. The van der Waals surface area contributed by atoms with Gasteiger partial charge in [-0.3, -0.25) is 9.69 Å². The summed E-state index contributed by atoms with van der Waals surface area (Å²) >= 11 is 1.28. The molecule has 0 aliphatic carbocycles. The minimum atomic E-state index is -1.01. The molecule has 1 aliphatic rings. The van der Waals surface area contributed by atoms with Crippen LogP contribution in [0.3, 0.4) is 0 Å². The van der Waals surface area contributed by atoms with Gasteiger partial charge in [-0.1, -0.05) is 18.2 Å². The van der Waals surface area contributed by atoms with Gasteiger partial charge in [0.25, 0.3) is 5.91 Å². The van der Waals surface area contributed by atoms with Gasteiger partial charge in [0.15, 0.2) is 5.17 Å². The number of likely N-dealkylation sites (N-methyl/N-ethyl adjacent to an activating group) is 1. The van der Waals surface area contributed by atoms with Crippen LogP contribution in [-0.4, -0.2) is 40.2 Å². The summed E-state index contributed by atoms with van der Waals surface area (Å²) in [6.07, 6.45) is 1.82. The highest BCUT2D eigenvalue weighted by molar-refractivity contribution is 8.18. The summed E-state index contributed by atoms with van der Waals surface area (Å²) in [6.45, 7) is 4.88. The first-order valence-corrected chi connectivity index (χ1v) is 9.69. The van der Waals surface area contributed by atoms with E-state index in [0.29, 0.717) is 28.9 Å². The van der Waals surface area contributed by atoms with E-state index < -0.39 is 5.97 Å². The lowest BCUT2D eigenvalue weighted by atomic mass is 10.2. The van der Waals surface area contributed by atoms with Gasteiger partial charge in [-0.25, -0.2) is 9.79 Å². The molecule has 1 fully saturated rings. The van der Waals surface area contributed by atoms with Gasteiger partial charge in [0, 0.05) is 6.54 Å². The van der Waals surface area contributed by atoms with E-state index in [4.69, 9.17) is 9.84 Å². The van der Waals surface area contributed by atoms with E-state index in [1.807, 2.05) is 44.2 Å². The maximum atomic E-state index is 12.7. The minimum absolute atomic E-state index is 0.116. The van der Waals surface area contributed by atoms with E-state index in [1.54, 1.807) is 17.0 Å². The van der Waals surface area contributed by atoms with E-state index in [1.165, 1.54) is 23.9 Å². The number of hydrogen-bond donors (Lipinski definition) is 1. The lowest BCUT2D eigenvalue weighted by molar-refractivity contribution is -0.122. The maximum Gasteiger partial charge on any atom is 0.335 e. The third-order valence-electron chi connectivity index (χ3n) is 4.01. The number of amidine groups is 1. The average Bonchev–Trinajstić information content (AvgIpc) is 2.98. The van der Waals surface area contributed by atoms with E-state index in [2.05, 4.69) is 4.99 Å². The summed E-state index contributed by atoms with van der Waals surface area (Å²) in [5.41, 5.74) is 1.55. The molecule has 1 aliphatic heterocycles. The molecule has 144 valence electrons. The zero-order chi connectivity index (χ0) is 20.1. The van der Waals surface area contributed by atoms with Crippen LogP contribution >= 0.6 is 11.8 Å². The van der Waals surface area contributed by atoms with Gasteiger partial charge in [0.1, 0.15) is 5.75 Å². The van der Waals surface area contributed by atoms with Crippen molar-refractivity contribution in [1.82, 2.24) is 4.90 Å². The number of hydrogen-bond acceptors (Lipinski definition) is 5. The van der Waals surface area contributed by atoms with Gasteiger partial charge in [-0.15, -0.1) is 0 Å². The zero-order valence-corrected chi connectivity index (χ0v) is 16.4. The molecular weight excluding hydrogens is 376 g/mol. The molecule has 0 spiro atoms. The first-order chi connectivity index (χ1) is 13.5. The standard InChI is InChI=1S/C21H20N2O4S/c1-3-23-19(24)18(12-14-8-10-17(11-9-14)27-4-2)28-21(23)22-16-7-5-6-15(13-16)20(25)26/h5-13H,3-4H2,1-2H3,(H,25,26)/b18-12+,22-21?. The number of carboxylic acid groups (broad SMARTS) is 1. The number of amides is 1. The molecule has 0 saturated carbocycles. The highest BCUT2D eigenvalue weighted by Crippen LogP contribution is 2.34. The van der Waals surface area contributed by atoms with Gasteiger partial charge in [-0.05, 0) is 67.6 Å². The Bertz CT molecular complexity index is 951. The fourth-order valence-electron chi connectivity index (χ4n) is 2.67. The predicted molar refractivity (Wildman–Crippen MR) is 111 cm³/mol. The second-order valence-corrected chi connectivity index (χ2v) is 6.92. The molecule has 0 bridgehead atoms. The Labute approximate surface area is 167 Å². The van der Waals surface area contributed by atoms with Crippen LogP contribution in [0.1, 0.15) is 29.8 Å². The molecule has 0 radical (unpaired) electrons. The number of rotatable bonds is 6. The first-order valence-electron chi connectivity index (χ1n) is 8.88. The summed E-state index contributed by atoms with van der Waals surface area (Å²) < 4.78 is 5.43. The SMILES string of the molecule is CCOc1ccc(/C=C2/SC(=Nc3cccc(C(=O)O)c3)N(CC)C2=O)cc1. The van der Waals surface area contributed by atoms with Crippen molar-refractivity contribution < 1.29 is 19.4 Å². The van der Waals surface area contributed by atoms with E-state index in [0.717, 1.165) is 11.3 Å². The number of nitrogens with zero attached hydrogens (tertiary/aromatic N) is 2. The molecular formula is C21H20N2O4S.